The van der Waals surface area contributed by atoms with Crippen molar-refractivity contribution in [2.45, 2.75) is 6.42 Å². The number of carbonyl (C=O) groups is 1. The Balaban J connectivity index is 2.12. The zero-order valence-electron chi connectivity index (χ0n) is 10.7. The standard InChI is InChI=1S/C14H10F2N2O3/c15-10-3-1-2-9(6-10)7-14(19)17-13-8-11(18(20)21)4-5-12(13)16/h1-6,8H,7H2,(H,17,19). The Bertz CT molecular complexity index is 704. The third-order valence-electron chi connectivity index (χ3n) is 2.69. The molecule has 0 saturated carbocycles. The van der Waals surface area contributed by atoms with Crippen LogP contribution in [0, 0.1) is 21.7 Å². The topological polar surface area (TPSA) is 72.2 Å². The molecule has 0 spiro atoms. The summed E-state index contributed by atoms with van der Waals surface area (Å²) in [4.78, 5) is 21.7. The van der Waals surface area contributed by atoms with Gasteiger partial charge in [0.2, 0.25) is 5.91 Å². The smallest absolute Gasteiger partial charge is 0.271 e. The lowest BCUT2D eigenvalue weighted by molar-refractivity contribution is -0.384. The van der Waals surface area contributed by atoms with Gasteiger partial charge in [-0.1, -0.05) is 12.1 Å². The van der Waals surface area contributed by atoms with Crippen LogP contribution in [0.2, 0.25) is 0 Å². The molecule has 2 aromatic rings. The van der Waals surface area contributed by atoms with Crippen molar-refractivity contribution in [1.82, 2.24) is 0 Å². The SMILES string of the molecule is O=C(Cc1cccc(F)c1)Nc1cc([N+](=O)[O-])ccc1F. The maximum absolute atomic E-state index is 13.5. The number of anilines is 1. The number of nitro benzene ring substituents is 1. The molecule has 0 heterocycles. The van der Waals surface area contributed by atoms with Gasteiger partial charge in [0, 0.05) is 12.1 Å². The highest BCUT2D eigenvalue weighted by molar-refractivity contribution is 5.92. The van der Waals surface area contributed by atoms with E-state index in [9.17, 15) is 23.7 Å². The molecule has 0 aliphatic carbocycles. The summed E-state index contributed by atoms with van der Waals surface area (Å²) in [5, 5.41) is 12.8. The summed E-state index contributed by atoms with van der Waals surface area (Å²) in [7, 11) is 0. The second-order valence-corrected chi connectivity index (χ2v) is 4.28. The van der Waals surface area contributed by atoms with Crippen LogP contribution in [0.3, 0.4) is 0 Å². The fourth-order valence-corrected chi connectivity index (χ4v) is 1.75. The van der Waals surface area contributed by atoms with E-state index in [2.05, 4.69) is 5.32 Å². The molecule has 7 heteroatoms. The maximum Gasteiger partial charge on any atom is 0.271 e. The van der Waals surface area contributed by atoms with Crippen LogP contribution >= 0.6 is 0 Å². The fourth-order valence-electron chi connectivity index (χ4n) is 1.75. The second kappa shape index (κ2) is 6.08. The largest absolute Gasteiger partial charge is 0.323 e. The number of carbonyl (C=O) groups excluding carboxylic acids is 1. The maximum atomic E-state index is 13.5. The van der Waals surface area contributed by atoms with Crippen molar-refractivity contribution >= 4 is 17.3 Å². The van der Waals surface area contributed by atoms with Crippen molar-refractivity contribution in [2.24, 2.45) is 0 Å². The zero-order valence-corrected chi connectivity index (χ0v) is 10.7. The first-order valence-electron chi connectivity index (χ1n) is 5.94. The third-order valence-corrected chi connectivity index (χ3v) is 2.69. The van der Waals surface area contributed by atoms with Crippen molar-refractivity contribution in [3.05, 3.63) is 69.8 Å². The normalized spacial score (nSPS) is 10.2. The first-order chi connectivity index (χ1) is 9.95. The Morgan fingerprint density at radius 3 is 2.62 bits per heavy atom. The van der Waals surface area contributed by atoms with E-state index in [1.807, 2.05) is 0 Å². The van der Waals surface area contributed by atoms with Gasteiger partial charge in [0.25, 0.3) is 5.69 Å². The lowest BCUT2D eigenvalue weighted by Crippen LogP contribution is -2.15. The molecule has 0 aliphatic heterocycles. The molecule has 0 fully saturated rings. The number of nitro groups is 1. The molecule has 2 rings (SSSR count). The minimum atomic E-state index is -0.784. The van der Waals surface area contributed by atoms with Gasteiger partial charge in [0.1, 0.15) is 11.6 Å². The van der Waals surface area contributed by atoms with E-state index < -0.39 is 22.5 Å². The molecule has 108 valence electrons. The van der Waals surface area contributed by atoms with Crippen molar-refractivity contribution in [3.8, 4) is 0 Å². The molecule has 0 unspecified atom stereocenters. The highest BCUT2D eigenvalue weighted by Crippen LogP contribution is 2.21. The van der Waals surface area contributed by atoms with E-state index in [0.29, 0.717) is 5.56 Å². The number of hydrogen-bond donors (Lipinski definition) is 1. The predicted molar refractivity (Wildman–Crippen MR) is 71.8 cm³/mol. The fraction of sp³-hybridized carbons (Fsp3) is 0.0714. The van der Waals surface area contributed by atoms with Crippen LogP contribution in [-0.2, 0) is 11.2 Å². The summed E-state index contributed by atoms with van der Waals surface area (Å²) in [6.07, 6.45) is -0.167. The van der Waals surface area contributed by atoms with Crippen molar-refractivity contribution in [1.29, 1.82) is 0 Å². The van der Waals surface area contributed by atoms with Gasteiger partial charge in [0.05, 0.1) is 17.0 Å². The number of amides is 1. The van der Waals surface area contributed by atoms with E-state index in [-0.39, 0.29) is 17.8 Å². The molecule has 0 atom stereocenters. The summed E-state index contributed by atoms with van der Waals surface area (Å²) < 4.78 is 26.5. The van der Waals surface area contributed by atoms with E-state index in [1.165, 1.54) is 18.2 Å². The Hall–Kier alpha value is -2.83. The van der Waals surface area contributed by atoms with Crippen LogP contribution in [0.5, 0.6) is 0 Å². The molecule has 0 aromatic heterocycles. The lowest BCUT2D eigenvalue weighted by Gasteiger charge is -2.06. The molecular formula is C14H10F2N2O3. The molecule has 1 amide bonds. The Morgan fingerprint density at radius 1 is 1.19 bits per heavy atom. The van der Waals surface area contributed by atoms with Crippen LogP contribution in [0.25, 0.3) is 0 Å². The average Bonchev–Trinajstić information content (AvgIpc) is 2.41. The van der Waals surface area contributed by atoms with Gasteiger partial charge < -0.3 is 5.32 Å². The van der Waals surface area contributed by atoms with Crippen LogP contribution < -0.4 is 5.32 Å². The van der Waals surface area contributed by atoms with Gasteiger partial charge in [-0.05, 0) is 23.8 Å². The highest BCUT2D eigenvalue weighted by Gasteiger charge is 2.13. The summed E-state index contributed by atoms with van der Waals surface area (Å²) >= 11 is 0. The number of nitrogens with zero attached hydrogens (tertiary/aromatic N) is 1. The van der Waals surface area contributed by atoms with Gasteiger partial charge >= 0.3 is 0 Å². The number of benzene rings is 2. The highest BCUT2D eigenvalue weighted by atomic mass is 19.1. The summed E-state index contributed by atoms with van der Waals surface area (Å²) in [6, 6.07) is 8.25. The quantitative estimate of drug-likeness (QED) is 0.695. The molecule has 2 aromatic carbocycles. The number of hydrogen-bond acceptors (Lipinski definition) is 3. The number of nitrogens with one attached hydrogen (secondary N) is 1. The molecule has 21 heavy (non-hydrogen) atoms. The monoisotopic (exact) mass is 292 g/mol. The minimum absolute atomic E-state index is 0.167. The number of rotatable bonds is 4. The predicted octanol–water partition coefficient (Wildman–Crippen LogP) is 3.05. The molecule has 1 N–H and O–H groups in total. The van der Waals surface area contributed by atoms with Crippen molar-refractivity contribution in [3.63, 3.8) is 0 Å². The molecule has 0 aliphatic rings. The second-order valence-electron chi connectivity index (χ2n) is 4.28. The van der Waals surface area contributed by atoms with Gasteiger partial charge in [-0.25, -0.2) is 8.78 Å². The Morgan fingerprint density at radius 2 is 1.95 bits per heavy atom. The zero-order chi connectivity index (χ0) is 15.4. The third kappa shape index (κ3) is 3.82. The van der Waals surface area contributed by atoms with E-state index >= 15 is 0 Å². The molecular weight excluding hydrogens is 282 g/mol. The van der Waals surface area contributed by atoms with Crippen LogP contribution in [0.15, 0.2) is 42.5 Å². The molecule has 5 nitrogen and oxygen atoms in total. The minimum Gasteiger partial charge on any atom is -0.323 e. The van der Waals surface area contributed by atoms with E-state index in [4.69, 9.17) is 0 Å². The van der Waals surface area contributed by atoms with Gasteiger partial charge in [-0.2, -0.15) is 0 Å². The lowest BCUT2D eigenvalue weighted by atomic mass is 10.1. The molecule has 0 radical (unpaired) electrons. The molecule has 0 bridgehead atoms. The van der Waals surface area contributed by atoms with Gasteiger partial charge in [0.15, 0.2) is 0 Å². The van der Waals surface area contributed by atoms with Crippen molar-refractivity contribution < 1.29 is 18.5 Å². The average molecular weight is 292 g/mol. The molecule has 0 saturated heterocycles. The summed E-state index contributed by atoms with van der Waals surface area (Å²) in [5.74, 6) is -1.87. The van der Waals surface area contributed by atoms with Gasteiger partial charge in [-0.15, -0.1) is 0 Å². The Kier molecular flexibility index (Phi) is 4.22. The van der Waals surface area contributed by atoms with E-state index in [1.54, 1.807) is 6.07 Å². The number of non-ortho nitro benzene ring substituents is 1. The van der Waals surface area contributed by atoms with Gasteiger partial charge in [-0.3, -0.25) is 14.9 Å². The number of halogens is 2. The first-order valence-corrected chi connectivity index (χ1v) is 5.94. The van der Waals surface area contributed by atoms with Crippen LogP contribution in [-0.4, -0.2) is 10.8 Å². The van der Waals surface area contributed by atoms with Crippen molar-refractivity contribution in [2.75, 3.05) is 5.32 Å². The first kappa shape index (κ1) is 14.6. The van der Waals surface area contributed by atoms with Crippen LogP contribution in [0.4, 0.5) is 20.2 Å². The van der Waals surface area contributed by atoms with E-state index in [0.717, 1.165) is 18.2 Å². The Labute approximate surface area is 118 Å². The van der Waals surface area contributed by atoms with Crippen LogP contribution in [0.1, 0.15) is 5.56 Å². The summed E-state index contributed by atoms with van der Waals surface area (Å²) in [6.45, 7) is 0. The summed E-state index contributed by atoms with van der Waals surface area (Å²) in [5.41, 5.74) is -0.207.